The molecule has 2 heterocycles. The van der Waals surface area contributed by atoms with Gasteiger partial charge in [0.2, 0.25) is 0 Å². The Morgan fingerprint density at radius 3 is 3.00 bits per heavy atom. The number of aromatic nitrogens is 2. The fourth-order valence-electron chi connectivity index (χ4n) is 2.74. The van der Waals surface area contributed by atoms with Crippen molar-refractivity contribution in [2.75, 3.05) is 13.2 Å². The van der Waals surface area contributed by atoms with Crippen molar-refractivity contribution in [2.24, 2.45) is 5.92 Å². The summed E-state index contributed by atoms with van der Waals surface area (Å²) in [5.74, 6) is 0.518. The standard InChI is InChI=1S/C14H17ClN2O2/c15-10-6-11(12-8-16-17-13(12)7-10)14(18)5-9-1-3-19-4-2-9/h6-9,14,18H,1-5H2,(H,16,17). The van der Waals surface area contributed by atoms with E-state index in [4.69, 9.17) is 16.3 Å². The molecule has 1 aliphatic rings. The fourth-order valence-corrected chi connectivity index (χ4v) is 2.97. The van der Waals surface area contributed by atoms with Crippen molar-refractivity contribution in [3.05, 3.63) is 28.9 Å². The van der Waals surface area contributed by atoms with E-state index in [-0.39, 0.29) is 0 Å². The van der Waals surface area contributed by atoms with Crippen molar-refractivity contribution in [2.45, 2.75) is 25.4 Å². The predicted molar refractivity (Wildman–Crippen MR) is 74.2 cm³/mol. The second kappa shape index (κ2) is 5.49. The van der Waals surface area contributed by atoms with Gasteiger partial charge in [-0.3, -0.25) is 5.10 Å². The van der Waals surface area contributed by atoms with Gasteiger partial charge in [-0.1, -0.05) is 11.6 Å². The number of fused-ring (bicyclic) bond motifs is 1. The minimum atomic E-state index is -0.498. The molecule has 4 nitrogen and oxygen atoms in total. The molecule has 3 rings (SSSR count). The first-order valence-corrected chi connectivity index (χ1v) is 7.00. The predicted octanol–water partition coefficient (Wildman–Crippen LogP) is 3.07. The zero-order chi connectivity index (χ0) is 13.2. The summed E-state index contributed by atoms with van der Waals surface area (Å²) in [6, 6.07) is 3.66. The molecular formula is C14H17ClN2O2. The Labute approximate surface area is 116 Å². The van der Waals surface area contributed by atoms with Gasteiger partial charge >= 0.3 is 0 Å². The number of aliphatic hydroxyl groups is 1. The van der Waals surface area contributed by atoms with Gasteiger partial charge in [0.1, 0.15) is 0 Å². The summed E-state index contributed by atoms with van der Waals surface area (Å²) in [4.78, 5) is 0. The van der Waals surface area contributed by atoms with Crippen molar-refractivity contribution in [3.8, 4) is 0 Å². The van der Waals surface area contributed by atoms with Gasteiger partial charge in [-0.2, -0.15) is 5.10 Å². The quantitative estimate of drug-likeness (QED) is 0.908. The molecular weight excluding hydrogens is 264 g/mol. The zero-order valence-electron chi connectivity index (χ0n) is 10.6. The van der Waals surface area contributed by atoms with Crippen LogP contribution in [0.15, 0.2) is 18.3 Å². The van der Waals surface area contributed by atoms with E-state index in [1.807, 2.05) is 12.1 Å². The Balaban J connectivity index is 1.83. The highest BCUT2D eigenvalue weighted by Crippen LogP contribution is 2.32. The molecule has 1 atom stereocenters. The lowest BCUT2D eigenvalue weighted by atomic mass is 9.90. The number of hydrogen-bond donors (Lipinski definition) is 2. The summed E-state index contributed by atoms with van der Waals surface area (Å²) >= 11 is 6.09. The lowest BCUT2D eigenvalue weighted by Gasteiger charge is -2.24. The van der Waals surface area contributed by atoms with Crippen molar-refractivity contribution in [1.29, 1.82) is 0 Å². The van der Waals surface area contributed by atoms with E-state index >= 15 is 0 Å². The number of aliphatic hydroxyl groups excluding tert-OH is 1. The highest BCUT2D eigenvalue weighted by atomic mass is 35.5. The SMILES string of the molecule is OC(CC1CCOCC1)c1cc(Cl)cc2[nH]ncc12. The average molecular weight is 281 g/mol. The van der Waals surface area contributed by atoms with Crippen LogP contribution in [0.25, 0.3) is 10.9 Å². The molecule has 1 aromatic heterocycles. The Morgan fingerprint density at radius 1 is 1.42 bits per heavy atom. The molecule has 5 heteroatoms. The zero-order valence-corrected chi connectivity index (χ0v) is 11.4. The van der Waals surface area contributed by atoms with Crippen LogP contribution in [0.3, 0.4) is 0 Å². The maximum atomic E-state index is 10.5. The first kappa shape index (κ1) is 12.9. The summed E-state index contributed by atoms with van der Waals surface area (Å²) < 4.78 is 5.35. The molecule has 1 unspecified atom stereocenters. The average Bonchev–Trinajstić information content (AvgIpc) is 2.86. The largest absolute Gasteiger partial charge is 0.388 e. The van der Waals surface area contributed by atoms with Crippen molar-refractivity contribution < 1.29 is 9.84 Å². The van der Waals surface area contributed by atoms with Crippen LogP contribution in [0.5, 0.6) is 0 Å². The lowest BCUT2D eigenvalue weighted by molar-refractivity contribution is 0.0438. The third-order valence-corrected chi connectivity index (χ3v) is 4.03. The van der Waals surface area contributed by atoms with E-state index in [0.29, 0.717) is 10.9 Å². The molecule has 0 saturated carbocycles. The lowest BCUT2D eigenvalue weighted by Crippen LogP contribution is -2.18. The van der Waals surface area contributed by atoms with Gasteiger partial charge in [0.15, 0.2) is 0 Å². The molecule has 0 bridgehead atoms. The maximum absolute atomic E-state index is 10.5. The topological polar surface area (TPSA) is 58.1 Å². The van der Waals surface area contributed by atoms with Gasteiger partial charge < -0.3 is 9.84 Å². The van der Waals surface area contributed by atoms with E-state index in [1.165, 1.54) is 0 Å². The number of nitrogens with zero attached hydrogens (tertiary/aromatic N) is 1. The molecule has 0 radical (unpaired) electrons. The number of ether oxygens (including phenoxy) is 1. The Kier molecular flexibility index (Phi) is 3.73. The van der Waals surface area contributed by atoms with Gasteiger partial charge in [0.25, 0.3) is 0 Å². The molecule has 1 fully saturated rings. The summed E-state index contributed by atoms with van der Waals surface area (Å²) in [5, 5.41) is 19.0. The van der Waals surface area contributed by atoms with Crippen LogP contribution in [0, 0.1) is 5.92 Å². The van der Waals surface area contributed by atoms with Gasteiger partial charge in [-0.15, -0.1) is 0 Å². The number of H-pyrrole nitrogens is 1. The van der Waals surface area contributed by atoms with Crippen LogP contribution in [-0.4, -0.2) is 28.5 Å². The first-order valence-electron chi connectivity index (χ1n) is 6.62. The van der Waals surface area contributed by atoms with E-state index in [2.05, 4.69) is 10.2 Å². The number of aromatic amines is 1. The normalized spacial score (nSPS) is 18.8. The van der Waals surface area contributed by atoms with Crippen molar-refractivity contribution in [1.82, 2.24) is 10.2 Å². The molecule has 0 amide bonds. The van der Waals surface area contributed by atoms with E-state index < -0.39 is 6.10 Å². The number of halogens is 1. The summed E-state index contributed by atoms with van der Waals surface area (Å²) in [6.45, 7) is 1.60. The van der Waals surface area contributed by atoms with Crippen LogP contribution in [0.2, 0.25) is 5.02 Å². The van der Waals surface area contributed by atoms with Gasteiger partial charge in [-0.05, 0) is 42.9 Å². The minimum absolute atomic E-state index is 0.498. The molecule has 0 aliphatic carbocycles. The molecule has 1 aromatic carbocycles. The number of nitrogens with one attached hydrogen (secondary N) is 1. The van der Waals surface area contributed by atoms with E-state index in [9.17, 15) is 5.11 Å². The summed E-state index contributed by atoms with van der Waals surface area (Å²) in [6.07, 6.45) is 4.04. The van der Waals surface area contributed by atoms with Gasteiger partial charge in [0.05, 0.1) is 17.8 Å². The van der Waals surface area contributed by atoms with Crippen LogP contribution >= 0.6 is 11.6 Å². The van der Waals surface area contributed by atoms with Gasteiger partial charge in [-0.25, -0.2) is 0 Å². The number of benzene rings is 1. The molecule has 0 spiro atoms. The van der Waals surface area contributed by atoms with E-state index in [1.54, 1.807) is 6.20 Å². The Hall–Kier alpha value is -1.10. The van der Waals surface area contributed by atoms with E-state index in [0.717, 1.165) is 48.9 Å². The van der Waals surface area contributed by atoms with Crippen molar-refractivity contribution >= 4 is 22.5 Å². The highest BCUT2D eigenvalue weighted by molar-refractivity contribution is 6.31. The summed E-state index contributed by atoms with van der Waals surface area (Å²) in [7, 11) is 0. The Bertz CT molecular complexity index is 564. The molecule has 2 aromatic rings. The number of rotatable bonds is 3. The van der Waals surface area contributed by atoms with Crippen LogP contribution < -0.4 is 0 Å². The maximum Gasteiger partial charge on any atom is 0.0800 e. The summed E-state index contributed by atoms with van der Waals surface area (Å²) in [5.41, 5.74) is 1.73. The monoisotopic (exact) mass is 280 g/mol. The minimum Gasteiger partial charge on any atom is -0.388 e. The Morgan fingerprint density at radius 2 is 2.21 bits per heavy atom. The fraction of sp³-hybridized carbons (Fsp3) is 0.500. The van der Waals surface area contributed by atoms with Crippen LogP contribution in [0.4, 0.5) is 0 Å². The highest BCUT2D eigenvalue weighted by Gasteiger charge is 2.21. The molecule has 102 valence electrons. The van der Waals surface area contributed by atoms with Crippen LogP contribution in [-0.2, 0) is 4.74 Å². The molecule has 1 aliphatic heterocycles. The number of hydrogen-bond acceptors (Lipinski definition) is 3. The molecule has 19 heavy (non-hydrogen) atoms. The molecule has 1 saturated heterocycles. The second-order valence-electron chi connectivity index (χ2n) is 5.13. The third kappa shape index (κ3) is 2.76. The first-order chi connectivity index (χ1) is 9.24. The molecule has 2 N–H and O–H groups in total. The second-order valence-corrected chi connectivity index (χ2v) is 5.57. The van der Waals surface area contributed by atoms with Crippen molar-refractivity contribution in [3.63, 3.8) is 0 Å². The third-order valence-electron chi connectivity index (χ3n) is 3.81. The van der Waals surface area contributed by atoms with Crippen LogP contribution in [0.1, 0.15) is 30.9 Å². The smallest absolute Gasteiger partial charge is 0.0800 e. The van der Waals surface area contributed by atoms with Gasteiger partial charge in [0, 0.05) is 23.6 Å².